The SMILES string of the molecule is CCNCC(c1ccccc1)N1CC=C(COC)CC1. The molecule has 20 heavy (non-hydrogen) atoms. The summed E-state index contributed by atoms with van der Waals surface area (Å²) < 4.78 is 5.23. The number of nitrogens with one attached hydrogen (secondary N) is 1. The molecule has 0 fully saturated rings. The average Bonchev–Trinajstić information content (AvgIpc) is 2.51. The maximum atomic E-state index is 5.23. The van der Waals surface area contributed by atoms with E-state index in [4.69, 9.17) is 4.74 Å². The quantitative estimate of drug-likeness (QED) is 0.774. The number of hydrogen-bond donors (Lipinski definition) is 1. The van der Waals surface area contributed by atoms with Gasteiger partial charge in [-0.15, -0.1) is 0 Å². The highest BCUT2D eigenvalue weighted by Crippen LogP contribution is 2.23. The minimum atomic E-state index is 0.455. The topological polar surface area (TPSA) is 24.5 Å². The largest absolute Gasteiger partial charge is 0.380 e. The summed E-state index contributed by atoms with van der Waals surface area (Å²) in [5.74, 6) is 0. The maximum Gasteiger partial charge on any atom is 0.0673 e. The molecule has 110 valence electrons. The number of likely N-dealkylation sites (N-methyl/N-ethyl adjacent to an activating group) is 1. The third kappa shape index (κ3) is 4.17. The van der Waals surface area contributed by atoms with Gasteiger partial charge < -0.3 is 10.1 Å². The minimum Gasteiger partial charge on any atom is -0.380 e. The number of benzene rings is 1. The molecule has 2 rings (SSSR count). The molecule has 1 aromatic carbocycles. The second-order valence-electron chi connectivity index (χ2n) is 5.27. The fourth-order valence-corrected chi connectivity index (χ4v) is 2.74. The molecule has 1 atom stereocenters. The van der Waals surface area contributed by atoms with Crippen molar-refractivity contribution in [1.82, 2.24) is 10.2 Å². The lowest BCUT2D eigenvalue weighted by atomic mass is 10.0. The molecule has 0 bridgehead atoms. The van der Waals surface area contributed by atoms with E-state index < -0.39 is 0 Å². The molecule has 3 heteroatoms. The smallest absolute Gasteiger partial charge is 0.0673 e. The van der Waals surface area contributed by atoms with Crippen LogP contribution in [0, 0.1) is 0 Å². The zero-order valence-corrected chi connectivity index (χ0v) is 12.6. The molecule has 0 amide bonds. The van der Waals surface area contributed by atoms with Gasteiger partial charge in [0, 0.05) is 32.8 Å². The van der Waals surface area contributed by atoms with Gasteiger partial charge in [0.15, 0.2) is 0 Å². The van der Waals surface area contributed by atoms with Gasteiger partial charge in [0.05, 0.1) is 6.61 Å². The Morgan fingerprint density at radius 2 is 2.10 bits per heavy atom. The summed E-state index contributed by atoms with van der Waals surface area (Å²) in [6.45, 7) is 7.09. The third-order valence-corrected chi connectivity index (χ3v) is 3.88. The van der Waals surface area contributed by atoms with Crippen molar-refractivity contribution in [2.45, 2.75) is 19.4 Å². The second kappa shape index (κ2) is 8.20. The van der Waals surface area contributed by atoms with Crippen LogP contribution < -0.4 is 5.32 Å². The molecule has 1 unspecified atom stereocenters. The van der Waals surface area contributed by atoms with Gasteiger partial charge in [-0.1, -0.05) is 43.3 Å². The van der Waals surface area contributed by atoms with Crippen LogP contribution in [0.2, 0.25) is 0 Å². The first kappa shape index (κ1) is 15.2. The zero-order chi connectivity index (χ0) is 14.2. The average molecular weight is 274 g/mol. The molecule has 0 saturated carbocycles. The van der Waals surface area contributed by atoms with Crippen LogP contribution in [0.15, 0.2) is 42.0 Å². The molecule has 0 aliphatic carbocycles. The van der Waals surface area contributed by atoms with E-state index in [1.165, 1.54) is 11.1 Å². The van der Waals surface area contributed by atoms with Gasteiger partial charge >= 0.3 is 0 Å². The van der Waals surface area contributed by atoms with Gasteiger partial charge in [-0.05, 0) is 24.1 Å². The van der Waals surface area contributed by atoms with Crippen molar-refractivity contribution in [3.63, 3.8) is 0 Å². The van der Waals surface area contributed by atoms with Gasteiger partial charge in [0.1, 0.15) is 0 Å². The Morgan fingerprint density at radius 3 is 2.70 bits per heavy atom. The van der Waals surface area contributed by atoms with Crippen LogP contribution in [0.3, 0.4) is 0 Å². The van der Waals surface area contributed by atoms with E-state index in [-0.39, 0.29) is 0 Å². The van der Waals surface area contributed by atoms with E-state index in [0.29, 0.717) is 6.04 Å². The number of ether oxygens (including phenoxy) is 1. The Balaban J connectivity index is 2.05. The molecular weight excluding hydrogens is 248 g/mol. The van der Waals surface area contributed by atoms with E-state index in [9.17, 15) is 0 Å². The summed E-state index contributed by atoms with van der Waals surface area (Å²) in [6.07, 6.45) is 3.44. The molecular formula is C17H26N2O. The predicted molar refractivity (Wildman–Crippen MR) is 83.9 cm³/mol. The van der Waals surface area contributed by atoms with Gasteiger partial charge in [-0.2, -0.15) is 0 Å². The van der Waals surface area contributed by atoms with Crippen molar-refractivity contribution >= 4 is 0 Å². The van der Waals surface area contributed by atoms with Crippen molar-refractivity contribution in [2.24, 2.45) is 0 Å². The Kier molecular flexibility index (Phi) is 6.25. The lowest BCUT2D eigenvalue weighted by Gasteiger charge is -2.34. The van der Waals surface area contributed by atoms with Crippen LogP contribution in [-0.4, -0.2) is 44.8 Å². The number of rotatable bonds is 7. The fraction of sp³-hybridized carbons (Fsp3) is 0.529. The van der Waals surface area contributed by atoms with Gasteiger partial charge in [0.2, 0.25) is 0 Å². The molecule has 1 N–H and O–H groups in total. The van der Waals surface area contributed by atoms with E-state index in [1.807, 2.05) is 0 Å². The Hall–Kier alpha value is -1.16. The molecule has 3 nitrogen and oxygen atoms in total. The summed E-state index contributed by atoms with van der Waals surface area (Å²) >= 11 is 0. The van der Waals surface area contributed by atoms with Crippen molar-refractivity contribution < 1.29 is 4.74 Å². The van der Waals surface area contributed by atoms with E-state index in [0.717, 1.165) is 39.2 Å². The lowest BCUT2D eigenvalue weighted by Crippen LogP contribution is -2.38. The highest BCUT2D eigenvalue weighted by molar-refractivity contribution is 5.21. The first-order chi connectivity index (χ1) is 9.85. The number of nitrogens with zero attached hydrogens (tertiary/aromatic N) is 1. The lowest BCUT2D eigenvalue weighted by molar-refractivity contribution is 0.186. The summed E-state index contributed by atoms with van der Waals surface area (Å²) in [5.41, 5.74) is 2.83. The molecule has 0 saturated heterocycles. The van der Waals surface area contributed by atoms with Gasteiger partial charge in [0.25, 0.3) is 0 Å². The third-order valence-electron chi connectivity index (χ3n) is 3.88. The summed E-state index contributed by atoms with van der Waals surface area (Å²) in [6, 6.07) is 11.3. The maximum absolute atomic E-state index is 5.23. The predicted octanol–water partition coefficient (Wildman–Crippen LogP) is 2.62. The highest BCUT2D eigenvalue weighted by atomic mass is 16.5. The molecule has 1 heterocycles. The van der Waals surface area contributed by atoms with Crippen LogP contribution >= 0.6 is 0 Å². The minimum absolute atomic E-state index is 0.455. The zero-order valence-electron chi connectivity index (χ0n) is 12.6. The molecule has 1 aliphatic rings. The van der Waals surface area contributed by atoms with E-state index in [1.54, 1.807) is 7.11 Å². The van der Waals surface area contributed by atoms with Crippen LogP contribution in [0.5, 0.6) is 0 Å². The fourth-order valence-electron chi connectivity index (χ4n) is 2.74. The Bertz CT molecular complexity index is 416. The van der Waals surface area contributed by atoms with Gasteiger partial charge in [-0.25, -0.2) is 0 Å². The Labute approximate surface area is 122 Å². The second-order valence-corrected chi connectivity index (χ2v) is 5.27. The van der Waals surface area contributed by atoms with Crippen LogP contribution in [0.4, 0.5) is 0 Å². The van der Waals surface area contributed by atoms with Crippen LogP contribution in [0.25, 0.3) is 0 Å². The van der Waals surface area contributed by atoms with Crippen LogP contribution in [0.1, 0.15) is 24.9 Å². The molecule has 0 radical (unpaired) electrons. The Morgan fingerprint density at radius 1 is 1.30 bits per heavy atom. The van der Waals surface area contributed by atoms with Crippen molar-refractivity contribution in [1.29, 1.82) is 0 Å². The first-order valence-electron chi connectivity index (χ1n) is 7.51. The van der Waals surface area contributed by atoms with Crippen molar-refractivity contribution in [3.8, 4) is 0 Å². The first-order valence-corrected chi connectivity index (χ1v) is 7.51. The normalized spacial score (nSPS) is 17.8. The molecule has 0 aromatic heterocycles. The molecule has 0 spiro atoms. The summed E-state index contributed by atoms with van der Waals surface area (Å²) in [4.78, 5) is 2.55. The van der Waals surface area contributed by atoms with Crippen LogP contribution in [-0.2, 0) is 4.74 Å². The highest BCUT2D eigenvalue weighted by Gasteiger charge is 2.21. The van der Waals surface area contributed by atoms with E-state index >= 15 is 0 Å². The standard InChI is InChI=1S/C17H26N2O/c1-3-18-13-17(16-7-5-4-6-8-16)19-11-9-15(10-12-19)14-20-2/h4-9,17-18H,3,10-14H2,1-2H3. The summed E-state index contributed by atoms with van der Waals surface area (Å²) in [5, 5.41) is 3.49. The summed E-state index contributed by atoms with van der Waals surface area (Å²) in [7, 11) is 1.77. The molecule has 1 aromatic rings. The van der Waals surface area contributed by atoms with Gasteiger partial charge in [-0.3, -0.25) is 4.90 Å². The number of methoxy groups -OCH3 is 1. The van der Waals surface area contributed by atoms with Crippen molar-refractivity contribution in [2.75, 3.05) is 39.9 Å². The van der Waals surface area contributed by atoms with E-state index in [2.05, 4.69) is 53.5 Å². The number of hydrogen-bond acceptors (Lipinski definition) is 3. The molecule has 1 aliphatic heterocycles. The van der Waals surface area contributed by atoms with Crippen molar-refractivity contribution in [3.05, 3.63) is 47.5 Å². The monoisotopic (exact) mass is 274 g/mol.